The predicted molar refractivity (Wildman–Crippen MR) is 78.4 cm³/mol. The van der Waals surface area contributed by atoms with Crippen molar-refractivity contribution in [2.45, 2.75) is 20.0 Å². The maximum atomic E-state index is 4.53. The first kappa shape index (κ1) is 12.5. The van der Waals surface area contributed by atoms with E-state index in [2.05, 4.69) is 38.8 Å². The lowest BCUT2D eigenvalue weighted by Gasteiger charge is -2.09. The quantitative estimate of drug-likeness (QED) is 0.747. The highest BCUT2D eigenvalue weighted by Gasteiger charge is 2.06. The molecular weight excluding hydrogens is 250 g/mol. The highest BCUT2D eigenvalue weighted by Crippen LogP contribution is 2.13. The molecule has 0 aliphatic heterocycles. The first-order valence-electron chi connectivity index (χ1n) is 6.62. The van der Waals surface area contributed by atoms with E-state index in [-0.39, 0.29) is 0 Å². The van der Waals surface area contributed by atoms with Crippen LogP contribution < -0.4 is 5.32 Å². The summed E-state index contributed by atoms with van der Waals surface area (Å²) in [4.78, 5) is 0. The average Bonchev–Trinajstić information content (AvgIpc) is 3.07. The van der Waals surface area contributed by atoms with Gasteiger partial charge in [0.05, 0.1) is 24.5 Å². The summed E-state index contributed by atoms with van der Waals surface area (Å²) in [6.07, 6.45) is 1.75. The van der Waals surface area contributed by atoms with Gasteiger partial charge in [-0.25, -0.2) is 4.68 Å². The molecule has 2 heterocycles. The number of aryl methyl sites for hydroxylation is 1. The number of hydrogen-bond acceptors (Lipinski definition) is 3. The molecule has 0 unspecified atom stereocenters. The van der Waals surface area contributed by atoms with Gasteiger partial charge in [-0.1, -0.05) is 30.3 Å². The summed E-state index contributed by atoms with van der Waals surface area (Å²) in [7, 11) is 0. The zero-order chi connectivity index (χ0) is 13.8. The molecule has 0 bridgehead atoms. The molecule has 5 nitrogen and oxygen atoms in total. The number of aromatic amines is 1. The summed E-state index contributed by atoms with van der Waals surface area (Å²) in [5.41, 5.74) is 3.29. The zero-order valence-corrected chi connectivity index (χ0v) is 11.4. The van der Waals surface area contributed by atoms with Crippen LogP contribution in [0.4, 0.5) is 5.82 Å². The summed E-state index contributed by atoms with van der Waals surface area (Å²) in [5, 5.41) is 14.8. The van der Waals surface area contributed by atoms with Gasteiger partial charge < -0.3 is 5.32 Å². The molecule has 5 heteroatoms. The molecule has 0 aliphatic rings. The van der Waals surface area contributed by atoms with Crippen molar-refractivity contribution in [1.82, 2.24) is 20.0 Å². The SMILES string of the molecule is Cc1cc(NCc2ccn[nH]2)n(Cc2ccccc2)n1. The van der Waals surface area contributed by atoms with Crippen molar-refractivity contribution >= 4 is 5.82 Å². The van der Waals surface area contributed by atoms with Crippen molar-refractivity contribution in [1.29, 1.82) is 0 Å². The second kappa shape index (κ2) is 5.61. The monoisotopic (exact) mass is 267 g/mol. The Bertz CT molecular complexity index is 655. The van der Waals surface area contributed by atoms with E-state index in [1.807, 2.05) is 35.9 Å². The molecule has 0 amide bonds. The summed E-state index contributed by atoms with van der Waals surface area (Å²) in [5.74, 6) is 1.01. The second-order valence-electron chi connectivity index (χ2n) is 4.75. The molecule has 0 radical (unpaired) electrons. The molecule has 0 aliphatic carbocycles. The third-order valence-corrected chi connectivity index (χ3v) is 3.10. The second-order valence-corrected chi connectivity index (χ2v) is 4.75. The van der Waals surface area contributed by atoms with Crippen LogP contribution in [0.15, 0.2) is 48.7 Å². The minimum absolute atomic E-state index is 0.708. The van der Waals surface area contributed by atoms with Gasteiger partial charge in [0.25, 0.3) is 0 Å². The smallest absolute Gasteiger partial charge is 0.125 e. The molecule has 0 saturated carbocycles. The van der Waals surface area contributed by atoms with Crippen molar-refractivity contribution in [3.8, 4) is 0 Å². The molecule has 102 valence electrons. The van der Waals surface area contributed by atoms with Gasteiger partial charge in [0.2, 0.25) is 0 Å². The zero-order valence-electron chi connectivity index (χ0n) is 11.4. The van der Waals surface area contributed by atoms with Crippen molar-refractivity contribution in [2.24, 2.45) is 0 Å². The fourth-order valence-corrected chi connectivity index (χ4v) is 2.13. The van der Waals surface area contributed by atoms with Crippen LogP contribution >= 0.6 is 0 Å². The lowest BCUT2D eigenvalue weighted by Crippen LogP contribution is -2.09. The van der Waals surface area contributed by atoms with E-state index in [0.717, 1.165) is 23.8 Å². The van der Waals surface area contributed by atoms with E-state index in [1.165, 1.54) is 5.56 Å². The summed E-state index contributed by atoms with van der Waals surface area (Å²) >= 11 is 0. The fraction of sp³-hybridized carbons (Fsp3) is 0.200. The molecule has 0 saturated heterocycles. The first-order valence-corrected chi connectivity index (χ1v) is 6.62. The number of anilines is 1. The topological polar surface area (TPSA) is 58.5 Å². The number of rotatable bonds is 5. The number of aromatic nitrogens is 4. The van der Waals surface area contributed by atoms with Crippen molar-refractivity contribution in [3.63, 3.8) is 0 Å². The van der Waals surface area contributed by atoms with Gasteiger partial charge in [0.1, 0.15) is 5.82 Å². The Balaban J connectivity index is 1.74. The van der Waals surface area contributed by atoms with E-state index >= 15 is 0 Å². The van der Waals surface area contributed by atoms with Crippen molar-refractivity contribution < 1.29 is 0 Å². The van der Waals surface area contributed by atoms with E-state index in [9.17, 15) is 0 Å². The number of nitrogens with zero attached hydrogens (tertiary/aromatic N) is 3. The van der Waals surface area contributed by atoms with Crippen LogP contribution in [0, 0.1) is 6.92 Å². The molecule has 0 spiro atoms. The lowest BCUT2D eigenvalue weighted by atomic mass is 10.2. The van der Waals surface area contributed by atoms with E-state index in [4.69, 9.17) is 0 Å². The largest absolute Gasteiger partial charge is 0.365 e. The van der Waals surface area contributed by atoms with E-state index in [1.54, 1.807) is 6.20 Å². The third-order valence-electron chi connectivity index (χ3n) is 3.10. The minimum atomic E-state index is 0.708. The Morgan fingerprint density at radius 1 is 1.20 bits per heavy atom. The lowest BCUT2D eigenvalue weighted by molar-refractivity contribution is 0.682. The Kier molecular flexibility index (Phi) is 3.50. The van der Waals surface area contributed by atoms with Gasteiger partial charge >= 0.3 is 0 Å². The normalized spacial score (nSPS) is 10.7. The van der Waals surface area contributed by atoms with Crippen LogP contribution in [0.25, 0.3) is 0 Å². The number of H-pyrrole nitrogens is 1. The highest BCUT2D eigenvalue weighted by atomic mass is 15.3. The highest BCUT2D eigenvalue weighted by molar-refractivity contribution is 5.38. The van der Waals surface area contributed by atoms with Crippen LogP contribution in [0.3, 0.4) is 0 Å². The predicted octanol–water partition coefficient (Wildman–Crippen LogP) is 2.58. The Hall–Kier alpha value is -2.56. The van der Waals surface area contributed by atoms with Gasteiger partial charge in [-0.3, -0.25) is 5.10 Å². The first-order chi connectivity index (χ1) is 9.81. The van der Waals surface area contributed by atoms with Gasteiger partial charge in [0.15, 0.2) is 0 Å². The molecular formula is C15H17N5. The maximum Gasteiger partial charge on any atom is 0.125 e. The van der Waals surface area contributed by atoms with Crippen LogP contribution in [-0.4, -0.2) is 20.0 Å². The molecule has 0 atom stereocenters. The standard InChI is InChI=1S/C15H17N5/c1-12-9-15(16-10-14-7-8-17-18-14)20(19-12)11-13-5-3-2-4-6-13/h2-9,16H,10-11H2,1H3,(H,17,18). The van der Waals surface area contributed by atoms with E-state index in [0.29, 0.717) is 6.54 Å². The third kappa shape index (κ3) is 2.88. The molecule has 1 aromatic carbocycles. The Labute approximate surface area is 117 Å². The van der Waals surface area contributed by atoms with Crippen LogP contribution in [0.1, 0.15) is 17.0 Å². The maximum absolute atomic E-state index is 4.53. The van der Waals surface area contributed by atoms with Gasteiger partial charge in [0, 0.05) is 12.3 Å². The molecule has 2 N–H and O–H groups in total. The van der Waals surface area contributed by atoms with Crippen molar-refractivity contribution in [3.05, 3.63) is 65.6 Å². The minimum Gasteiger partial charge on any atom is -0.365 e. The van der Waals surface area contributed by atoms with Crippen LogP contribution in [-0.2, 0) is 13.1 Å². The number of hydrogen-bond donors (Lipinski definition) is 2. The van der Waals surface area contributed by atoms with Gasteiger partial charge in [-0.15, -0.1) is 0 Å². The van der Waals surface area contributed by atoms with Gasteiger partial charge in [-0.05, 0) is 18.6 Å². The van der Waals surface area contributed by atoms with Crippen LogP contribution in [0.2, 0.25) is 0 Å². The molecule has 20 heavy (non-hydrogen) atoms. The molecule has 3 aromatic rings. The summed E-state index contributed by atoms with van der Waals surface area (Å²) in [6, 6.07) is 14.3. The van der Waals surface area contributed by atoms with Crippen molar-refractivity contribution in [2.75, 3.05) is 5.32 Å². The Morgan fingerprint density at radius 3 is 2.80 bits per heavy atom. The molecule has 3 rings (SSSR count). The van der Waals surface area contributed by atoms with Crippen LogP contribution in [0.5, 0.6) is 0 Å². The summed E-state index contributed by atoms with van der Waals surface area (Å²) < 4.78 is 1.99. The van der Waals surface area contributed by atoms with E-state index < -0.39 is 0 Å². The Morgan fingerprint density at radius 2 is 2.05 bits per heavy atom. The fourth-order valence-electron chi connectivity index (χ4n) is 2.13. The summed E-state index contributed by atoms with van der Waals surface area (Å²) in [6.45, 7) is 3.47. The molecule has 2 aromatic heterocycles. The average molecular weight is 267 g/mol. The number of nitrogens with one attached hydrogen (secondary N) is 2. The van der Waals surface area contributed by atoms with Gasteiger partial charge in [-0.2, -0.15) is 10.2 Å². The number of benzene rings is 1. The molecule has 0 fully saturated rings.